The summed E-state index contributed by atoms with van der Waals surface area (Å²) < 4.78 is 10.6. The number of amides is 1. The smallest absolute Gasteiger partial charge is 0.301 e. The molecule has 0 aliphatic heterocycles. The van der Waals surface area contributed by atoms with E-state index in [0.717, 1.165) is 5.56 Å². The van der Waals surface area contributed by atoms with Crippen LogP contribution in [0.15, 0.2) is 47.1 Å². The number of hydrogen-bond donors (Lipinski definition) is 2. The van der Waals surface area contributed by atoms with Crippen molar-refractivity contribution in [2.45, 2.75) is 13.2 Å². The summed E-state index contributed by atoms with van der Waals surface area (Å²) in [6, 6.07) is 11.5. The molecular weight excluding hydrogens is 232 g/mol. The summed E-state index contributed by atoms with van der Waals surface area (Å²) in [5.74, 6) is 4.78. The van der Waals surface area contributed by atoms with Crippen LogP contribution in [0.4, 0.5) is 0 Å². The van der Waals surface area contributed by atoms with Crippen LogP contribution in [0, 0.1) is 0 Å². The predicted octanol–water partition coefficient (Wildman–Crippen LogP) is 1.60. The Labute approximate surface area is 105 Å². The summed E-state index contributed by atoms with van der Waals surface area (Å²) in [4.78, 5) is 11.3. The second kappa shape index (κ2) is 6.00. The molecular formula is C13H14N2O3. The number of nitrogens with one attached hydrogen (secondary N) is 1. The number of carbonyl (C=O) groups is 1. The van der Waals surface area contributed by atoms with E-state index in [1.807, 2.05) is 35.8 Å². The molecule has 1 amide bonds. The molecule has 5 nitrogen and oxygen atoms in total. The van der Waals surface area contributed by atoms with E-state index >= 15 is 0 Å². The maximum absolute atomic E-state index is 11.3. The third kappa shape index (κ3) is 2.97. The molecule has 18 heavy (non-hydrogen) atoms. The van der Waals surface area contributed by atoms with Gasteiger partial charge in [-0.2, -0.15) is 0 Å². The molecule has 0 aliphatic carbocycles. The first-order chi connectivity index (χ1) is 8.81. The second-order valence-corrected chi connectivity index (χ2v) is 3.73. The van der Waals surface area contributed by atoms with E-state index in [-0.39, 0.29) is 5.76 Å². The number of nitrogens with two attached hydrogens (primary N) is 1. The zero-order valence-electron chi connectivity index (χ0n) is 9.76. The highest BCUT2D eigenvalue weighted by Gasteiger charge is 2.13. The molecule has 2 rings (SSSR count). The molecule has 0 saturated heterocycles. The first kappa shape index (κ1) is 12.3. The van der Waals surface area contributed by atoms with Crippen LogP contribution in [0.5, 0.6) is 0 Å². The number of carbonyl (C=O) groups excluding carboxylic acids is 1. The summed E-state index contributed by atoms with van der Waals surface area (Å²) in [5, 5.41) is 0. The van der Waals surface area contributed by atoms with Crippen LogP contribution >= 0.6 is 0 Å². The average Bonchev–Trinajstić information content (AvgIpc) is 2.87. The Morgan fingerprint density at radius 2 is 2.00 bits per heavy atom. The van der Waals surface area contributed by atoms with Gasteiger partial charge in [-0.3, -0.25) is 10.2 Å². The lowest BCUT2D eigenvalue weighted by Crippen LogP contribution is -2.30. The van der Waals surface area contributed by atoms with Crippen molar-refractivity contribution in [3.8, 4) is 0 Å². The van der Waals surface area contributed by atoms with Gasteiger partial charge in [-0.1, -0.05) is 30.3 Å². The summed E-state index contributed by atoms with van der Waals surface area (Å²) in [6.07, 6.45) is 1.44. The van der Waals surface area contributed by atoms with E-state index in [9.17, 15) is 4.79 Å². The first-order valence-electron chi connectivity index (χ1n) is 5.50. The molecule has 0 fully saturated rings. The second-order valence-electron chi connectivity index (χ2n) is 3.73. The van der Waals surface area contributed by atoms with E-state index in [1.165, 1.54) is 6.26 Å². The Bertz CT molecular complexity index is 508. The summed E-state index contributed by atoms with van der Waals surface area (Å²) in [7, 11) is 0. The van der Waals surface area contributed by atoms with Crippen molar-refractivity contribution < 1.29 is 13.9 Å². The zero-order chi connectivity index (χ0) is 12.8. The molecule has 0 radical (unpaired) electrons. The highest BCUT2D eigenvalue weighted by atomic mass is 16.5. The van der Waals surface area contributed by atoms with Gasteiger partial charge in [-0.05, 0) is 11.6 Å². The van der Waals surface area contributed by atoms with Gasteiger partial charge in [-0.25, -0.2) is 5.84 Å². The van der Waals surface area contributed by atoms with Crippen molar-refractivity contribution in [3.05, 3.63) is 59.5 Å². The van der Waals surface area contributed by atoms with Crippen LogP contribution in [0.2, 0.25) is 0 Å². The van der Waals surface area contributed by atoms with E-state index in [0.29, 0.717) is 18.8 Å². The molecule has 2 aromatic rings. The molecule has 0 saturated carbocycles. The number of hydrogen-bond acceptors (Lipinski definition) is 4. The van der Waals surface area contributed by atoms with Crippen LogP contribution < -0.4 is 11.3 Å². The number of hydrazine groups is 1. The molecule has 0 atom stereocenters. The SMILES string of the molecule is NNC(=O)c1occc1COCc1ccccc1. The number of benzene rings is 1. The maximum Gasteiger partial charge on any atom is 0.301 e. The third-order valence-corrected chi connectivity index (χ3v) is 2.45. The van der Waals surface area contributed by atoms with Crippen molar-refractivity contribution in [2.24, 2.45) is 5.84 Å². The Morgan fingerprint density at radius 1 is 1.22 bits per heavy atom. The number of ether oxygens (including phenoxy) is 1. The van der Waals surface area contributed by atoms with Crippen molar-refractivity contribution in [1.82, 2.24) is 5.43 Å². The fourth-order valence-corrected chi connectivity index (χ4v) is 1.57. The van der Waals surface area contributed by atoms with Crippen molar-refractivity contribution in [2.75, 3.05) is 0 Å². The molecule has 94 valence electrons. The molecule has 1 aromatic carbocycles. The molecule has 0 bridgehead atoms. The van der Waals surface area contributed by atoms with Gasteiger partial charge >= 0.3 is 5.91 Å². The molecule has 1 aromatic heterocycles. The van der Waals surface area contributed by atoms with Gasteiger partial charge in [0.15, 0.2) is 5.76 Å². The minimum atomic E-state index is -0.460. The number of furan rings is 1. The standard InChI is InChI=1S/C13H14N2O3/c14-15-13(16)12-11(6-7-18-12)9-17-8-10-4-2-1-3-5-10/h1-7H,8-9,14H2,(H,15,16). The third-order valence-electron chi connectivity index (χ3n) is 2.45. The molecule has 3 N–H and O–H groups in total. The molecule has 5 heteroatoms. The summed E-state index contributed by atoms with van der Waals surface area (Å²) in [5.41, 5.74) is 3.78. The Morgan fingerprint density at radius 3 is 2.72 bits per heavy atom. The predicted molar refractivity (Wildman–Crippen MR) is 65.3 cm³/mol. The minimum absolute atomic E-state index is 0.186. The van der Waals surface area contributed by atoms with Gasteiger partial charge in [0.05, 0.1) is 19.5 Å². The summed E-state index contributed by atoms with van der Waals surface area (Å²) in [6.45, 7) is 0.782. The van der Waals surface area contributed by atoms with E-state index in [4.69, 9.17) is 15.0 Å². The maximum atomic E-state index is 11.3. The molecule has 0 unspecified atom stereocenters. The minimum Gasteiger partial charge on any atom is -0.459 e. The van der Waals surface area contributed by atoms with Crippen molar-refractivity contribution in [3.63, 3.8) is 0 Å². The molecule has 1 heterocycles. The highest BCUT2D eigenvalue weighted by molar-refractivity contribution is 5.92. The Balaban J connectivity index is 1.91. The van der Waals surface area contributed by atoms with Crippen LogP contribution in [0.25, 0.3) is 0 Å². The van der Waals surface area contributed by atoms with Gasteiger partial charge in [-0.15, -0.1) is 0 Å². The van der Waals surface area contributed by atoms with Crippen molar-refractivity contribution in [1.29, 1.82) is 0 Å². The lowest BCUT2D eigenvalue weighted by Gasteiger charge is -2.04. The monoisotopic (exact) mass is 246 g/mol. The van der Waals surface area contributed by atoms with Crippen LogP contribution in [-0.4, -0.2) is 5.91 Å². The number of rotatable bonds is 5. The number of nitrogen functional groups attached to an aromatic ring is 1. The van der Waals surface area contributed by atoms with Gasteiger partial charge in [0.25, 0.3) is 0 Å². The van der Waals surface area contributed by atoms with Gasteiger partial charge in [0.1, 0.15) is 0 Å². The van der Waals surface area contributed by atoms with Gasteiger partial charge in [0.2, 0.25) is 0 Å². The lowest BCUT2D eigenvalue weighted by molar-refractivity contribution is 0.0895. The fourth-order valence-electron chi connectivity index (χ4n) is 1.57. The van der Waals surface area contributed by atoms with Crippen LogP contribution in [0.1, 0.15) is 21.7 Å². The largest absolute Gasteiger partial charge is 0.459 e. The summed E-state index contributed by atoms with van der Waals surface area (Å²) >= 11 is 0. The van der Waals surface area contributed by atoms with Crippen LogP contribution in [-0.2, 0) is 18.0 Å². The molecule has 0 aliphatic rings. The van der Waals surface area contributed by atoms with E-state index in [1.54, 1.807) is 6.07 Å². The Hall–Kier alpha value is -2.11. The first-order valence-corrected chi connectivity index (χ1v) is 5.50. The van der Waals surface area contributed by atoms with Gasteiger partial charge in [0, 0.05) is 5.56 Å². The van der Waals surface area contributed by atoms with Crippen LogP contribution in [0.3, 0.4) is 0 Å². The topological polar surface area (TPSA) is 77.5 Å². The van der Waals surface area contributed by atoms with Crippen molar-refractivity contribution >= 4 is 5.91 Å². The highest BCUT2D eigenvalue weighted by Crippen LogP contribution is 2.12. The quantitative estimate of drug-likeness (QED) is 0.477. The zero-order valence-corrected chi connectivity index (χ0v) is 9.76. The fraction of sp³-hybridized carbons (Fsp3) is 0.154. The molecule has 0 spiro atoms. The van der Waals surface area contributed by atoms with Gasteiger partial charge < -0.3 is 9.15 Å². The lowest BCUT2D eigenvalue weighted by atomic mass is 10.2. The normalized spacial score (nSPS) is 10.3. The average molecular weight is 246 g/mol. The Kier molecular flexibility index (Phi) is 4.11. The van der Waals surface area contributed by atoms with E-state index < -0.39 is 5.91 Å². The van der Waals surface area contributed by atoms with E-state index in [2.05, 4.69) is 0 Å².